The molecule has 1 aliphatic carbocycles. The van der Waals surface area contributed by atoms with Crippen molar-refractivity contribution in [3.63, 3.8) is 0 Å². The summed E-state index contributed by atoms with van der Waals surface area (Å²) in [5.74, 6) is 9.46. The van der Waals surface area contributed by atoms with E-state index in [0.29, 0.717) is 5.92 Å². The summed E-state index contributed by atoms with van der Waals surface area (Å²) in [4.78, 5) is 0. The fourth-order valence-electron chi connectivity index (χ4n) is 4.10. The van der Waals surface area contributed by atoms with Crippen molar-refractivity contribution >= 4 is 0 Å². The molecule has 0 aliphatic heterocycles. The quantitative estimate of drug-likeness (QED) is 0.330. The first-order valence-electron chi connectivity index (χ1n) is 11.6. The van der Waals surface area contributed by atoms with Crippen molar-refractivity contribution in [3.8, 4) is 28.7 Å². The van der Waals surface area contributed by atoms with Crippen molar-refractivity contribution < 1.29 is 4.74 Å². The molecule has 1 heteroatoms. The lowest BCUT2D eigenvalue weighted by molar-refractivity contribution is 0.296. The number of rotatable bonds is 8. The minimum Gasteiger partial charge on any atom is -0.494 e. The Hall–Kier alpha value is -2.20. The maximum atomic E-state index is 5.75. The van der Waals surface area contributed by atoms with Gasteiger partial charge in [0.05, 0.1) is 6.61 Å². The van der Waals surface area contributed by atoms with Gasteiger partial charge in [0.25, 0.3) is 0 Å². The first-order valence-corrected chi connectivity index (χ1v) is 11.6. The van der Waals surface area contributed by atoms with Crippen LogP contribution < -0.4 is 4.74 Å². The van der Waals surface area contributed by atoms with Crippen molar-refractivity contribution in [2.24, 2.45) is 11.8 Å². The molecule has 0 aromatic heterocycles. The lowest BCUT2D eigenvalue weighted by Crippen LogP contribution is -2.13. The molecule has 3 rings (SSSR count). The van der Waals surface area contributed by atoms with E-state index in [9.17, 15) is 0 Å². The van der Waals surface area contributed by atoms with Crippen LogP contribution in [-0.2, 0) is 0 Å². The fraction of sp³-hybridized carbons (Fsp3) is 0.500. The van der Waals surface area contributed by atoms with Gasteiger partial charge in [0.15, 0.2) is 0 Å². The van der Waals surface area contributed by atoms with Crippen molar-refractivity contribution in [1.29, 1.82) is 0 Å². The molecule has 1 fully saturated rings. The van der Waals surface area contributed by atoms with Crippen LogP contribution in [0.4, 0.5) is 0 Å². The largest absolute Gasteiger partial charge is 0.494 e. The zero-order valence-electron chi connectivity index (χ0n) is 18.3. The third kappa shape index (κ3) is 6.97. The Bertz CT molecular complexity index is 768. The van der Waals surface area contributed by atoms with Crippen molar-refractivity contribution in [2.75, 3.05) is 6.61 Å². The minimum absolute atomic E-state index is 0.591. The van der Waals surface area contributed by atoms with E-state index in [1.54, 1.807) is 0 Å². The molecule has 1 saturated carbocycles. The summed E-state index contributed by atoms with van der Waals surface area (Å²) < 4.78 is 5.75. The van der Waals surface area contributed by atoms with Crippen LogP contribution in [0.3, 0.4) is 0 Å². The van der Waals surface area contributed by atoms with Gasteiger partial charge in [-0.2, -0.15) is 0 Å². The van der Waals surface area contributed by atoms with Gasteiger partial charge in [0.2, 0.25) is 0 Å². The standard InChI is InChI=1S/C28H36O/c1-3-5-7-23-8-10-24(11-9-23)12-13-25-14-16-26(17-15-25)27-18-20-28(21-19-27)29-22-6-4-2/h14-21,23-24H,3-11,22H2,1-2H3/t23-,24-. The zero-order chi connectivity index (χ0) is 20.3. The third-order valence-corrected chi connectivity index (χ3v) is 6.07. The van der Waals surface area contributed by atoms with Gasteiger partial charge in [-0.3, -0.25) is 0 Å². The maximum absolute atomic E-state index is 5.75. The highest BCUT2D eigenvalue weighted by Gasteiger charge is 2.19. The van der Waals surface area contributed by atoms with Crippen molar-refractivity contribution in [1.82, 2.24) is 0 Å². The van der Waals surface area contributed by atoms with E-state index in [1.807, 2.05) is 0 Å². The van der Waals surface area contributed by atoms with Gasteiger partial charge in [-0.25, -0.2) is 0 Å². The zero-order valence-corrected chi connectivity index (χ0v) is 18.3. The monoisotopic (exact) mass is 388 g/mol. The van der Waals surface area contributed by atoms with Crippen LogP contribution in [0.25, 0.3) is 11.1 Å². The molecule has 29 heavy (non-hydrogen) atoms. The Morgan fingerprint density at radius 2 is 1.41 bits per heavy atom. The molecule has 0 atom stereocenters. The minimum atomic E-state index is 0.591. The van der Waals surface area contributed by atoms with Crippen LogP contribution in [0, 0.1) is 23.7 Å². The highest BCUT2D eigenvalue weighted by molar-refractivity contribution is 5.65. The van der Waals surface area contributed by atoms with Gasteiger partial charge >= 0.3 is 0 Å². The number of hydrogen-bond acceptors (Lipinski definition) is 1. The summed E-state index contributed by atoms with van der Waals surface area (Å²) in [5.41, 5.74) is 3.58. The first-order chi connectivity index (χ1) is 14.3. The molecule has 0 saturated heterocycles. The normalized spacial score (nSPS) is 18.7. The van der Waals surface area contributed by atoms with Gasteiger partial charge in [-0.1, -0.05) is 75.6 Å². The average molecular weight is 389 g/mol. The van der Waals surface area contributed by atoms with E-state index in [4.69, 9.17) is 4.74 Å². The molecule has 1 nitrogen and oxygen atoms in total. The van der Waals surface area contributed by atoms with E-state index in [0.717, 1.165) is 36.7 Å². The van der Waals surface area contributed by atoms with E-state index < -0.39 is 0 Å². The molecular weight excluding hydrogens is 352 g/mol. The molecule has 0 spiro atoms. The Morgan fingerprint density at radius 3 is 2.03 bits per heavy atom. The number of benzene rings is 2. The number of hydrogen-bond donors (Lipinski definition) is 0. The Balaban J connectivity index is 1.51. The topological polar surface area (TPSA) is 9.23 Å². The average Bonchev–Trinajstić information content (AvgIpc) is 2.78. The Morgan fingerprint density at radius 1 is 0.793 bits per heavy atom. The summed E-state index contributed by atoms with van der Waals surface area (Å²) in [6, 6.07) is 17.1. The molecule has 0 unspecified atom stereocenters. The Kier molecular flexibility index (Phi) is 8.69. The molecule has 0 heterocycles. The third-order valence-electron chi connectivity index (χ3n) is 6.07. The lowest BCUT2D eigenvalue weighted by Gasteiger charge is -2.25. The summed E-state index contributed by atoms with van der Waals surface area (Å²) >= 11 is 0. The molecule has 0 N–H and O–H groups in total. The highest BCUT2D eigenvalue weighted by Crippen LogP contribution is 2.31. The van der Waals surface area contributed by atoms with E-state index in [1.165, 1.54) is 56.1 Å². The number of unbranched alkanes of at least 4 members (excludes halogenated alkanes) is 2. The molecule has 2 aromatic carbocycles. The summed E-state index contributed by atoms with van der Waals surface area (Å²) in [7, 11) is 0. The lowest BCUT2D eigenvalue weighted by atomic mass is 9.80. The van der Waals surface area contributed by atoms with Gasteiger partial charge in [0.1, 0.15) is 5.75 Å². The van der Waals surface area contributed by atoms with Crippen molar-refractivity contribution in [3.05, 3.63) is 54.1 Å². The van der Waals surface area contributed by atoms with E-state index in [2.05, 4.69) is 74.2 Å². The smallest absolute Gasteiger partial charge is 0.119 e. The Labute approximate surface area is 177 Å². The second-order valence-electron chi connectivity index (χ2n) is 8.43. The number of ether oxygens (including phenoxy) is 1. The molecule has 0 radical (unpaired) electrons. The van der Waals surface area contributed by atoms with Crippen LogP contribution in [0.2, 0.25) is 0 Å². The molecular formula is C28H36O. The fourth-order valence-corrected chi connectivity index (χ4v) is 4.10. The molecule has 0 amide bonds. The predicted molar refractivity (Wildman–Crippen MR) is 124 cm³/mol. The molecule has 154 valence electrons. The van der Waals surface area contributed by atoms with E-state index in [-0.39, 0.29) is 0 Å². The second kappa shape index (κ2) is 11.7. The SMILES string of the molecule is CCCCOc1ccc(-c2ccc(C#C[C@H]3CC[C@H](CCCC)CC3)cc2)cc1. The van der Waals surface area contributed by atoms with Gasteiger partial charge in [-0.15, -0.1) is 0 Å². The van der Waals surface area contributed by atoms with Crippen LogP contribution in [0.1, 0.15) is 77.2 Å². The van der Waals surface area contributed by atoms with Gasteiger partial charge < -0.3 is 4.74 Å². The predicted octanol–water partition coefficient (Wildman–Crippen LogP) is 7.88. The summed E-state index contributed by atoms with van der Waals surface area (Å²) in [6.45, 7) is 5.27. The van der Waals surface area contributed by atoms with E-state index >= 15 is 0 Å². The molecule has 1 aliphatic rings. The van der Waals surface area contributed by atoms with Crippen LogP contribution in [-0.4, -0.2) is 6.61 Å². The maximum Gasteiger partial charge on any atom is 0.119 e. The van der Waals surface area contributed by atoms with Gasteiger partial charge in [-0.05, 0) is 73.4 Å². The second-order valence-corrected chi connectivity index (χ2v) is 8.43. The van der Waals surface area contributed by atoms with Crippen LogP contribution in [0.5, 0.6) is 5.75 Å². The molecule has 0 bridgehead atoms. The van der Waals surface area contributed by atoms with Crippen LogP contribution >= 0.6 is 0 Å². The first kappa shape index (κ1) is 21.5. The van der Waals surface area contributed by atoms with Crippen LogP contribution in [0.15, 0.2) is 48.5 Å². The van der Waals surface area contributed by atoms with Crippen molar-refractivity contribution in [2.45, 2.75) is 71.6 Å². The van der Waals surface area contributed by atoms with Gasteiger partial charge in [0, 0.05) is 11.5 Å². The molecule has 2 aromatic rings. The summed E-state index contributed by atoms with van der Waals surface area (Å²) in [6.07, 6.45) is 11.7. The highest BCUT2D eigenvalue weighted by atomic mass is 16.5. The summed E-state index contributed by atoms with van der Waals surface area (Å²) in [5, 5.41) is 0.